The molecule has 2 N–H and O–H groups in total. The first-order valence-electron chi connectivity index (χ1n) is 7.33. The zero-order valence-corrected chi connectivity index (χ0v) is 14.8. The molecule has 122 valence electrons. The summed E-state index contributed by atoms with van der Waals surface area (Å²) in [5.41, 5.74) is 2.91. The van der Waals surface area contributed by atoms with Crippen molar-refractivity contribution in [2.75, 3.05) is 5.84 Å². The third kappa shape index (κ3) is 2.65. The molecule has 3 heterocycles. The van der Waals surface area contributed by atoms with E-state index in [1.807, 2.05) is 38.1 Å². The molecule has 0 atom stereocenters. The maximum atomic E-state index is 6.15. The SMILES string of the molecule is Cc1cc(C)n(-c2nnc(SCc3nc4ccccc4s3)n2N)n1. The van der Waals surface area contributed by atoms with Crippen molar-refractivity contribution in [1.82, 2.24) is 29.6 Å². The third-order valence-electron chi connectivity index (χ3n) is 3.51. The Morgan fingerprint density at radius 3 is 2.79 bits per heavy atom. The number of thioether (sulfide) groups is 1. The van der Waals surface area contributed by atoms with Crippen LogP contribution in [-0.4, -0.2) is 29.6 Å². The van der Waals surface area contributed by atoms with E-state index >= 15 is 0 Å². The van der Waals surface area contributed by atoms with Gasteiger partial charge in [0.2, 0.25) is 5.16 Å². The maximum Gasteiger partial charge on any atom is 0.271 e. The van der Waals surface area contributed by atoms with E-state index in [2.05, 4.69) is 26.3 Å². The van der Waals surface area contributed by atoms with Gasteiger partial charge < -0.3 is 5.84 Å². The van der Waals surface area contributed by atoms with E-state index < -0.39 is 0 Å². The molecule has 0 saturated heterocycles. The van der Waals surface area contributed by atoms with Crippen LogP contribution in [0.3, 0.4) is 0 Å². The lowest BCUT2D eigenvalue weighted by Gasteiger charge is -2.04. The Hall–Kier alpha value is -2.39. The van der Waals surface area contributed by atoms with Crippen LogP contribution in [0.2, 0.25) is 0 Å². The Labute approximate surface area is 146 Å². The zero-order chi connectivity index (χ0) is 16.7. The second kappa shape index (κ2) is 5.91. The number of nitrogen functional groups attached to an aromatic ring is 1. The minimum Gasteiger partial charge on any atom is -0.334 e. The van der Waals surface area contributed by atoms with Gasteiger partial charge in [0.05, 0.1) is 21.7 Å². The van der Waals surface area contributed by atoms with Crippen molar-refractivity contribution in [3.05, 3.63) is 46.7 Å². The van der Waals surface area contributed by atoms with E-state index in [9.17, 15) is 0 Å². The standard InChI is InChI=1S/C15H15N7S2/c1-9-7-10(2)22(20-9)14-18-19-15(21(14)16)23-8-13-17-11-5-3-4-6-12(11)24-13/h3-7H,8,16H2,1-2H3. The molecule has 1 aromatic carbocycles. The van der Waals surface area contributed by atoms with Crippen molar-refractivity contribution in [2.45, 2.75) is 24.8 Å². The zero-order valence-electron chi connectivity index (χ0n) is 13.2. The molecule has 0 aliphatic rings. The van der Waals surface area contributed by atoms with Crippen LogP contribution in [0, 0.1) is 13.8 Å². The molecule has 0 aliphatic heterocycles. The predicted molar refractivity (Wildman–Crippen MR) is 95.9 cm³/mol. The van der Waals surface area contributed by atoms with Gasteiger partial charge in [-0.3, -0.25) is 0 Å². The largest absolute Gasteiger partial charge is 0.334 e. The summed E-state index contributed by atoms with van der Waals surface area (Å²) in [5, 5.41) is 14.4. The van der Waals surface area contributed by atoms with Gasteiger partial charge in [0.1, 0.15) is 5.01 Å². The Balaban J connectivity index is 1.56. The van der Waals surface area contributed by atoms with Gasteiger partial charge in [0.25, 0.3) is 5.95 Å². The number of hydrogen-bond donors (Lipinski definition) is 1. The molecule has 0 fully saturated rings. The number of benzene rings is 1. The van der Waals surface area contributed by atoms with Crippen LogP contribution in [-0.2, 0) is 5.75 Å². The summed E-state index contributed by atoms with van der Waals surface area (Å²) in [7, 11) is 0. The predicted octanol–water partition coefficient (Wildman–Crippen LogP) is 2.70. The van der Waals surface area contributed by atoms with Gasteiger partial charge in [-0.15, -0.1) is 21.5 Å². The highest BCUT2D eigenvalue weighted by Gasteiger charge is 2.15. The van der Waals surface area contributed by atoms with Gasteiger partial charge in [0.15, 0.2) is 0 Å². The van der Waals surface area contributed by atoms with Crippen molar-refractivity contribution in [2.24, 2.45) is 0 Å². The lowest BCUT2D eigenvalue weighted by Crippen LogP contribution is -2.17. The molecule has 3 aromatic heterocycles. The van der Waals surface area contributed by atoms with Crippen LogP contribution in [0.25, 0.3) is 16.2 Å². The number of nitrogens with two attached hydrogens (primary N) is 1. The number of rotatable bonds is 4. The van der Waals surface area contributed by atoms with Crippen LogP contribution >= 0.6 is 23.1 Å². The molecule has 0 radical (unpaired) electrons. The van der Waals surface area contributed by atoms with Crippen molar-refractivity contribution >= 4 is 33.3 Å². The van der Waals surface area contributed by atoms with Crippen LogP contribution in [0.1, 0.15) is 16.4 Å². The minimum atomic E-state index is 0.507. The first kappa shape index (κ1) is 15.2. The Bertz CT molecular complexity index is 981. The number of nitrogens with zero attached hydrogens (tertiary/aromatic N) is 6. The summed E-state index contributed by atoms with van der Waals surface area (Å²) >= 11 is 3.20. The summed E-state index contributed by atoms with van der Waals surface area (Å²) in [6.45, 7) is 3.89. The maximum absolute atomic E-state index is 6.15. The van der Waals surface area contributed by atoms with E-state index in [-0.39, 0.29) is 0 Å². The first-order chi connectivity index (χ1) is 11.6. The van der Waals surface area contributed by atoms with Gasteiger partial charge >= 0.3 is 0 Å². The van der Waals surface area contributed by atoms with Crippen LogP contribution in [0.15, 0.2) is 35.5 Å². The second-order valence-electron chi connectivity index (χ2n) is 5.36. The summed E-state index contributed by atoms with van der Waals surface area (Å²) < 4.78 is 4.35. The van der Waals surface area contributed by atoms with Crippen molar-refractivity contribution < 1.29 is 0 Å². The van der Waals surface area contributed by atoms with E-state index in [0.717, 1.165) is 21.9 Å². The van der Waals surface area contributed by atoms with E-state index in [4.69, 9.17) is 5.84 Å². The van der Waals surface area contributed by atoms with E-state index in [1.165, 1.54) is 21.1 Å². The monoisotopic (exact) mass is 357 g/mol. The lowest BCUT2D eigenvalue weighted by atomic mass is 10.3. The lowest BCUT2D eigenvalue weighted by molar-refractivity contribution is 0.727. The number of aryl methyl sites for hydroxylation is 2. The molecule has 0 amide bonds. The minimum absolute atomic E-state index is 0.507. The summed E-state index contributed by atoms with van der Waals surface area (Å²) in [6, 6.07) is 10.1. The van der Waals surface area contributed by atoms with Crippen LogP contribution < -0.4 is 5.84 Å². The summed E-state index contributed by atoms with van der Waals surface area (Å²) in [5.74, 6) is 7.35. The fourth-order valence-corrected chi connectivity index (χ4v) is 4.26. The third-order valence-corrected chi connectivity index (χ3v) is 5.68. The second-order valence-corrected chi connectivity index (χ2v) is 7.41. The molecule has 9 heteroatoms. The molecular formula is C15H15N7S2. The molecule has 7 nitrogen and oxygen atoms in total. The average molecular weight is 357 g/mol. The number of para-hydroxylation sites is 1. The van der Waals surface area contributed by atoms with Gasteiger partial charge in [-0.25, -0.2) is 14.3 Å². The Kier molecular flexibility index (Phi) is 3.73. The fourth-order valence-electron chi connectivity index (χ4n) is 2.45. The number of thiazole rings is 1. The quantitative estimate of drug-likeness (QED) is 0.446. The highest BCUT2D eigenvalue weighted by Crippen LogP contribution is 2.27. The normalized spacial score (nSPS) is 11.4. The van der Waals surface area contributed by atoms with Crippen molar-refractivity contribution in [1.29, 1.82) is 0 Å². The van der Waals surface area contributed by atoms with Crippen LogP contribution in [0.5, 0.6) is 0 Å². The molecule has 0 saturated carbocycles. The molecule has 0 unspecified atom stereocenters. The number of aromatic nitrogens is 6. The molecule has 0 bridgehead atoms. The van der Waals surface area contributed by atoms with E-state index in [0.29, 0.717) is 16.9 Å². The van der Waals surface area contributed by atoms with Gasteiger partial charge in [-0.05, 0) is 32.0 Å². The van der Waals surface area contributed by atoms with E-state index in [1.54, 1.807) is 16.0 Å². The summed E-state index contributed by atoms with van der Waals surface area (Å²) in [6.07, 6.45) is 0. The first-order valence-corrected chi connectivity index (χ1v) is 9.13. The van der Waals surface area contributed by atoms with Gasteiger partial charge in [0, 0.05) is 5.69 Å². The molecule has 24 heavy (non-hydrogen) atoms. The molecule has 4 aromatic rings. The average Bonchev–Trinajstić information content (AvgIpc) is 3.22. The highest BCUT2D eigenvalue weighted by molar-refractivity contribution is 7.98. The number of fused-ring (bicyclic) bond motifs is 1. The van der Waals surface area contributed by atoms with Gasteiger partial charge in [-0.2, -0.15) is 5.10 Å². The van der Waals surface area contributed by atoms with Crippen LogP contribution in [0.4, 0.5) is 0 Å². The molecular weight excluding hydrogens is 342 g/mol. The highest BCUT2D eigenvalue weighted by atomic mass is 32.2. The van der Waals surface area contributed by atoms with Crippen molar-refractivity contribution in [3.8, 4) is 5.95 Å². The van der Waals surface area contributed by atoms with Gasteiger partial charge in [-0.1, -0.05) is 23.9 Å². The fraction of sp³-hybridized carbons (Fsp3) is 0.200. The Morgan fingerprint density at radius 1 is 1.21 bits per heavy atom. The topological polar surface area (TPSA) is 87.4 Å². The number of hydrogen-bond acceptors (Lipinski definition) is 7. The molecule has 4 rings (SSSR count). The Morgan fingerprint density at radius 2 is 2.04 bits per heavy atom. The molecule has 0 spiro atoms. The van der Waals surface area contributed by atoms with Crippen molar-refractivity contribution in [3.63, 3.8) is 0 Å². The molecule has 0 aliphatic carbocycles. The summed E-state index contributed by atoms with van der Waals surface area (Å²) in [4.78, 5) is 4.62. The smallest absolute Gasteiger partial charge is 0.271 e.